The average molecular weight is 238 g/mol. The van der Waals surface area contributed by atoms with Gasteiger partial charge in [-0.1, -0.05) is 27.7 Å². The highest BCUT2D eigenvalue weighted by atomic mass is 16.2. The summed E-state index contributed by atoms with van der Waals surface area (Å²) in [5, 5.41) is 6.62. The molecule has 0 aromatic heterocycles. The molecule has 1 aliphatic carbocycles. The van der Waals surface area contributed by atoms with E-state index in [4.69, 9.17) is 0 Å². The van der Waals surface area contributed by atoms with E-state index in [0.717, 1.165) is 19.5 Å². The van der Waals surface area contributed by atoms with Crippen LogP contribution in [0.1, 0.15) is 47.0 Å². The van der Waals surface area contributed by atoms with Crippen molar-refractivity contribution in [2.75, 3.05) is 13.1 Å². The standard InChI is InChI=1S/C14H26N2O/c1-13(2)8-11(13)16-12(17)14(3,4)10-6-5-7-15-9-10/h10-11,15H,5-9H2,1-4H3,(H,16,17). The molecule has 0 aromatic rings. The van der Waals surface area contributed by atoms with Crippen LogP contribution in [0.25, 0.3) is 0 Å². The molecule has 2 N–H and O–H groups in total. The van der Waals surface area contributed by atoms with E-state index in [1.165, 1.54) is 12.8 Å². The molecular weight excluding hydrogens is 212 g/mol. The second-order valence-corrected chi connectivity index (χ2v) is 6.98. The molecule has 17 heavy (non-hydrogen) atoms. The van der Waals surface area contributed by atoms with Gasteiger partial charge in [-0.3, -0.25) is 4.79 Å². The van der Waals surface area contributed by atoms with Crippen molar-refractivity contribution in [3.8, 4) is 0 Å². The molecule has 0 aromatic carbocycles. The summed E-state index contributed by atoms with van der Waals surface area (Å²) >= 11 is 0. The van der Waals surface area contributed by atoms with E-state index in [1.807, 2.05) is 0 Å². The SMILES string of the molecule is CC1(C)CC1NC(=O)C(C)(C)C1CCCNC1. The first kappa shape index (κ1) is 12.9. The Bertz CT molecular complexity index is 303. The van der Waals surface area contributed by atoms with Crippen LogP contribution in [-0.4, -0.2) is 25.0 Å². The Morgan fingerprint density at radius 2 is 2.06 bits per heavy atom. The lowest BCUT2D eigenvalue weighted by atomic mass is 9.74. The van der Waals surface area contributed by atoms with Gasteiger partial charge >= 0.3 is 0 Å². The molecule has 0 radical (unpaired) electrons. The normalized spacial score (nSPS) is 32.0. The highest BCUT2D eigenvalue weighted by molar-refractivity contribution is 5.83. The number of carbonyl (C=O) groups is 1. The third-order valence-electron chi connectivity index (χ3n) is 4.72. The van der Waals surface area contributed by atoms with Crippen LogP contribution in [0.15, 0.2) is 0 Å². The third-order valence-corrected chi connectivity index (χ3v) is 4.72. The predicted molar refractivity (Wildman–Crippen MR) is 69.7 cm³/mol. The lowest BCUT2D eigenvalue weighted by molar-refractivity contribution is -0.132. The summed E-state index contributed by atoms with van der Waals surface area (Å²) in [4.78, 5) is 12.4. The maximum Gasteiger partial charge on any atom is 0.226 e. The van der Waals surface area contributed by atoms with Gasteiger partial charge in [-0.15, -0.1) is 0 Å². The number of amides is 1. The highest BCUT2D eigenvalue weighted by Gasteiger charge is 2.49. The number of rotatable bonds is 3. The van der Waals surface area contributed by atoms with E-state index < -0.39 is 0 Å². The van der Waals surface area contributed by atoms with Crippen LogP contribution in [0.3, 0.4) is 0 Å². The summed E-state index contributed by atoms with van der Waals surface area (Å²) in [7, 11) is 0. The largest absolute Gasteiger partial charge is 0.352 e. The van der Waals surface area contributed by atoms with Crippen molar-refractivity contribution in [1.29, 1.82) is 0 Å². The molecule has 1 heterocycles. The van der Waals surface area contributed by atoms with E-state index in [1.54, 1.807) is 0 Å². The fourth-order valence-corrected chi connectivity index (χ4v) is 2.71. The maximum absolute atomic E-state index is 12.4. The first-order valence-electron chi connectivity index (χ1n) is 6.86. The van der Waals surface area contributed by atoms with Crippen LogP contribution in [0.5, 0.6) is 0 Å². The van der Waals surface area contributed by atoms with Crippen LogP contribution in [0, 0.1) is 16.7 Å². The summed E-state index contributed by atoms with van der Waals surface area (Å²) < 4.78 is 0. The van der Waals surface area contributed by atoms with Crippen LogP contribution >= 0.6 is 0 Å². The molecule has 1 amide bonds. The van der Waals surface area contributed by atoms with Gasteiger partial charge < -0.3 is 10.6 Å². The van der Waals surface area contributed by atoms with Crippen molar-refractivity contribution >= 4 is 5.91 Å². The van der Waals surface area contributed by atoms with Crippen molar-refractivity contribution in [3.05, 3.63) is 0 Å². The topological polar surface area (TPSA) is 41.1 Å². The Morgan fingerprint density at radius 1 is 1.41 bits per heavy atom. The van der Waals surface area contributed by atoms with Crippen molar-refractivity contribution in [3.63, 3.8) is 0 Å². The highest BCUT2D eigenvalue weighted by Crippen LogP contribution is 2.45. The zero-order valence-corrected chi connectivity index (χ0v) is 11.6. The van der Waals surface area contributed by atoms with Gasteiger partial charge in [-0.2, -0.15) is 0 Å². The van der Waals surface area contributed by atoms with Gasteiger partial charge in [-0.05, 0) is 43.7 Å². The zero-order valence-electron chi connectivity index (χ0n) is 11.6. The number of piperidine rings is 1. The second-order valence-electron chi connectivity index (χ2n) is 6.98. The third kappa shape index (κ3) is 2.65. The van der Waals surface area contributed by atoms with Crippen LogP contribution in [0.4, 0.5) is 0 Å². The molecule has 3 heteroatoms. The molecular formula is C14H26N2O. The molecule has 2 atom stereocenters. The van der Waals surface area contributed by atoms with Crippen LogP contribution < -0.4 is 10.6 Å². The van der Waals surface area contributed by atoms with E-state index in [9.17, 15) is 4.79 Å². The minimum Gasteiger partial charge on any atom is -0.352 e. The van der Waals surface area contributed by atoms with Crippen molar-refractivity contribution in [2.24, 2.45) is 16.7 Å². The summed E-state index contributed by atoms with van der Waals surface area (Å²) in [5.74, 6) is 0.708. The van der Waals surface area contributed by atoms with Gasteiger partial charge in [0.15, 0.2) is 0 Å². The number of hydrogen-bond donors (Lipinski definition) is 2. The minimum absolute atomic E-state index is 0.238. The molecule has 1 saturated heterocycles. The number of hydrogen-bond acceptors (Lipinski definition) is 2. The lowest BCUT2D eigenvalue weighted by Crippen LogP contribution is -2.48. The Hall–Kier alpha value is -0.570. The molecule has 1 saturated carbocycles. The molecule has 3 nitrogen and oxygen atoms in total. The average Bonchev–Trinajstić information content (AvgIpc) is 2.87. The first-order valence-corrected chi connectivity index (χ1v) is 6.86. The first-order chi connectivity index (χ1) is 7.84. The molecule has 1 aliphatic heterocycles. The molecule has 2 unspecified atom stereocenters. The molecule has 2 rings (SSSR count). The Balaban J connectivity index is 1.92. The Labute approximate surface area is 105 Å². The summed E-state index contributed by atoms with van der Waals surface area (Å²) in [6, 6.07) is 0.394. The maximum atomic E-state index is 12.4. The minimum atomic E-state index is -0.244. The predicted octanol–water partition coefficient (Wildman–Crippen LogP) is 1.93. The molecule has 0 spiro atoms. The van der Waals surface area contributed by atoms with Gasteiger partial charge in [0.2, 0.25) is 5.91 Å². The Morgan fingerprint density at radius 3 is 2.53 bits per heavy atom. The second kappa shape index (κ2) is 4.27. The summed E-state index contributed by atoms with van der Waals surface area (Å²) in [6.45, 7) is 10.7. The van der Waals surface area contributed by atoms with Gasteiger partial charge in [0.05, 0.1) is 0 Å². The smallest absolute Gasteiger partial charge is 0.226 e. The summed E-state index contributed by atoms with van der Waals surface area (Å²) in [5.41, 5.74) is 0.0721. The van der Waals surface area contributed by atoms with E-state index in [-0.39, 0.29) is 11.3 Å². The molecule has 2 aliphatic rings. The molecule has 98 valence electrons. The molecule has 0 bridgehead atoms. The fraction of sp³-hybridized carbons (Fsp3) is 0.929. The number of nitrogens with one attached hydrogen (secondary N) is 2. The Kier molecular flexibility index (Phi) is 3.23. The van der Waals surface area contributed by atoms with Crippen molar-refractivity contribution < 1.29 is 4.79 Å². The lowest BCUT2D eigenvalue weighted by Gasteiger charge is -2.36. The molecule has 2 fully saturated rings. The van der Waals surface area contributed by atoms with Crippen LogP contribution in [0.2, 0.25) is 0 Å². The summed E-state index contributed by atoms with van der Waals surface area (Å²) in [6.07, 6.45) is 3.48. The monoisotopic (exact) mass is 238 g/mol. The van der Waals surface area contributed by atoms with E-state index >= 15 is 0 Å². The van der Waals surface area contributed by atoms with Crippen LogP contribution in [-0.2, 0) is 4.79 Å². The van der Waals surface area contributed by atoms with E-state index in [0.29, 0.717) is 17.4 Å². The quantitative estimate of drug-likeness (QED) is 0.789. The van der Waals surface area contributed by atoms with Crippen molar-refractivity contribution in [1.82, 2.24) is 10.6 Å². The van der Waals surface area contributed by atoms with Gasteiger partial charge in [0.25, 0.3) is 0 Å². The van der Waals surface area contributed by atoms with Gasteiger partial charge in [0.1, 0.15) is 0 Å². The van der Waals surface area contributed by atoms with Crippen molar-refractivity contribution in [2.45, 2.75) is 53.0 Å². The fourth-order valence-electron chi connectivity index (χ4n) is 2.71. The van der Waals surface area contributed by atoms with Gasteiger partial charge in [-0.25, -0.2) is 0 Å². The van der Waals surface area contributed by atoms with E-state index in [2.05, 4.69) is 38.3 Å². The zero-order chi connectivity index (χ0) is 12.7. The number of carbonyl (C=O) groups excluding carboxylic acids is 1. The van der Waals surface area contributed by atoms with Gasteiger partial charge in [0, 0.05) is 11.5 Å².